The standard InChI is InChI=1S/C63H123NO8/c1-6-8-10-12-14-15-16-17-18-19-20-21-22-23-24-25-26-27-28-29-30-31-32-33-34-35-36-37-38-39-40-41-42-43-44-45-46-48-50-52-54-61(66)72-59(57-70-60(65)53-51-49-47-13-11-9-7-2)58-71-63(62(67)68)69-56-55-64(3,4)5/h59,63H,6-58H2,1-5H3. The fourth-order valence-corrected chi connectivity index (χ4v) is 9.72. The Morgan fingerprint density at radius 2 is 0.625 bits per heavy atom. The van der Waals surface area contributed by atoms with E-state index >= 15 is 0 Å². The molecule has 0 aromatic heterocycles. The number of quaternary nitrogens is 1. The molecule has 0 bridgehead atoms. The molecule has 2 unspecified atom stereocenters. The summed E-state index contributed by atoms with van der Waals surface area (Å²) >= 11 is 0. The molecule has 0 aromatic rings. The highest BCUT2D eigenvalue weighted by Crippen LogP contribution is 2.19. The zero-order valence-corrected chi connectivity index (χ0v) is 48.8. The molecule has 0 spiro atoms. The van der Waals surface area contributed by atoms with E-state index in [1.807, 2.05) is 21.1 Å². The molecule has 0 N–H and O–H groups in total. The molecule has 0 aliphatic carbocycles. The molecule has 428 valence electrons. The quantitative estimate of drug-likeness (QED) is 0.0256. The van der Waals surface area contributed by atoms with Crippen LogP contribution in [0, 0.1) is 0 Å². The normalized spacial score (nSPS) is 12.6. The van der Waals surface area contributed by atoms with Gasteiger partial charge in [-0.25, -0.2) is 0 Å². The summed E-state index contributed by atoms with van der Waals surface area (Å²) < 4.78 is 22.6. The largest absolute Gasteiger partial charge is 0.545 e. The van der Waals surface area contributed by atoms with Gasteiger partial charge in [-0.2, -0.15) is 0 Å². The number of carbonyl (C=O) groups excluding carboxylic acids is 3. The van der Waals surface area contributed by atoms with Crippen LogP contribution in [-0.2, 0) is 33.3 Å². The predicted octanol–water partition coefficient (Wildman–Crippen LogP) is 17.4. The van der Waals surface area contributed by atoms with Crippen LogP contribution in [-0.4, -0.2) is 82.3 Å². The first kappa shape index (κ1) is 70.3. The monoisotopic (exact) mass is 1020 g/mol. The molecule has 0 heterocycles. The SMILES string of the molecule is CCCCCCCCCCCCCCCCCCCCCCCCCCCCCCCCCCCCCCCCCCC(=O)OC(COC(=O)CCCCCCCCC)COC(OCC[N+](C)(C)C)C(=O)[O-]. The Morgan fingerprint density at radius 3 is 0.889 bits per heavy atom. The molecule has 72 heavy (non-hydrogen) atoms. The van der Waals surface area contributed by atoms with Gasteiger partial charge in [0.15, 0.2) is 12.4 Å². The summed E-state index contributed by atoms with van der Waals surface area (Å²) in [4.78, 5) is 37.0. The minimum absolute atomic E-state index is 0.153. The van der Waals surface area contributed by atoms with Crippen molar-refractivity contribution in [1.82, 2.24) is 0 Å². The summed E-state index contributed by atoms with van der Waals surface area (Å²) in [6.45, 7) is 4.75. The average molecular weight is 1020 g/mol. The highest BCUT2D eigenvalue weighted by Gasteiger charge is 2.22. The van der Waals surface area contributed by atoms with Gasteiger partial charge in [0.25, 0.3) is 0 Å². The highest BCUT2D eigenvalue weighted by molar-refractivity contribution is 5.70. The second kappa shape index (κ2) is 55.5. The number of rotatable bonds is 60. The van der Waals surface area contributed by atoms with E-state index in [9.17, 15) is 19.5 Å². The molecule has 2 atom stereocenters. The van der Waals surface area contributed by atoms with Crippen molar-refractivity contribution in [1.29, 1.82) is 0 Å². The van der Waals surface area contributed by atoms with Gasteiger partial charge in [0.1, 0.15) is 13.2 Å². The lowest BCUT2D eigenvalue weighted by atomic mass is 10.0. The minimum Gasteiger partial charge on any atom is -0.545 e. The molecule has 9 nitrogen and oxygen atoms in total. The van der Waals surface area contributed by atoms with Crippen LogP contribution < -0.4 is 5.11 Å². The lowest BCUT2D eigenvalue weighted by Crippen LogP contribution is -2.44. The molecule has 0 rings (SSSR count). The zero-order chi connectivity index (χ0) is 52.7. The van der Waals surface area contributed by atoms with Gasteiger partial charge in [-0.15, -0.1) is 0 Å². The number of carboxylic acid groups (broad SMARTS) is 1. The van der Waals surface area contributed by atoms with Gasteiger partial charge < -0.3 is 33.3 Å². The number of nitrogens with zero attached hydrogens (tertiary/aromatic N) is 1. The number of ether oxygens (including phenoxy) is 4. The number of unbranched alkanes of at least 4 members (excludes halogenated alkanes) is 45. The topological polar surface area (TPSA) is 111 Å². The van der Waals surface area contributed by atoms with Crippen LogP contribution in [0.1, 0.15) is 328 Å². The lowest BCUT2D eigenvalue weighted by Gasteiger charge is -2.26. The molecular weight excluding hydrogens is 899 g/mol. The van der Waals surface area contributed by atoms with Crippen LogP contribution >= 0.6 is 0 Å². The van der Waals surface area contributed by atoms with E-state index in [1.54, 1.807) is 0 Å². The second-order valence-electron chi connectivity index (χ2n) is 23.1. The van der Waals surface area contributed by atoms with Crippen LogP contribution in [0.15, 0.2) is 0 Å². The van der Waals surface area contributed by atoms with Crippen molar-refractivity contribution in [2.45, 2.75) is 341 Å². The van der Waals surface area contributed by atoms with E-state index in [0.29, 0.717) is 17.4 Å². The van der Waals surface area contributed by atoms with Crippen LogP contribution in [0.3, 0.4) is 0 Å². The Labute approximate surface area is 447 Å². The summed E-state index contributed by atoms with van der Waals surface area (Å²) in [5, 5.41) is 11.7. The summed E-state index contributed by atoms with van der Waals surface area (Å²) in [6.07, 6.45) is 61.0. The van der Waals surface area contributed by atoms with Gasteiger partial charge in [-0.1, -0.05) is 303 Å². The molecule has 0 radical (unpaired) electrons. The van der Waals surface area contributed by atoms with Crippen molar-refractivity contribution in [3.63, 3.8) is 0 Å². The summed E-state index contributed by atoms with van der Waals surface area (Å²) in [5.74, 6) is -2.27. The van der Waals surface area contributed by atoms with Gasteiger partial charge in [0, 0.05) is 12.8 Å². The van der Waals surface area contributed by atoms with Crippen molar-refractivity contribution in [3.05, 3.63) is 0 Å². The Bertz CT molecular complexity index is 1140. The van der Waals surface area contributed by atoms with Crippen molar-refractivity contribution in [2.75, 3.05) is 47.5 Å². The van der Waals surface area contributed by atoms with Gasteiger partial charge >= 0.3 is 11.9 Å². The molecule has 0 saturated heterocycles. The van der Waals surface area contributed by atoms with E-state index in [2.05, 4.69) is 13.8 Å². The van der Waals surface area contributed by atoms with Gasteiger partial charge in [0.2, 0.25) is 0 Å². The Hall–Kier alpha value is -1.71. The average Bonchev–Trinajstić information content (AvgIpc) is 3.35. The van der Waals surface area contributed by atoms with E-state index in [0.717, 1.165) is 38.5 Å². The Morgan fingerprint density at radius 1 is 0.361 bits per heavy atom. The molecule has 9 heteroatoms. The summed E-state index contributed by atoms with van der Waals surface area (Å²) in [6, 6.07) is 0. The molecular formula is C63H123NO8. The third kappa shape index (κ3) is 56.0. The summed E-state index contributed by atoms with van der Waals surface area (Å²) in [5.41, 5.74) is 0. The summed E-state index contributed by atoms with van der Waals surface area (Å²) in [7, 11) is 5.92. The second-order valence-corrected chi connectivity index (χ2v) is 23.1. The molecule has 0 aromatic carbocycles. The van der Waals surface area contributed by atoms with Gasteiger partial charge in [-0.3, -0.25) is 9.59 Å². The smallest absolute Gasteiger partial charge is 0.306 e. The van der Waals surface area contributed by atoms with E-state index in [1.165, 1.54) is 263 Å². The molecule has 0 saturated carbocycles. The third-order valence-corrected chi connectivity index (χ3v) is 14.6. The maximum atomic E-state index is 12.8. The minimum atomic E-state index is -1.61. The first-order valence-electron chi connectivity index (χ1n) is 31.7. The number of esters is 2. The van der Waals surface area contributed by atoms with Crippen LogP contribution in [0.5, 0.6) is 0 Å². The van der Waals surface area contributed by atoms with E-state index in [4.69, 9.17) is 18.9 Å². The number of hydrogen-bond acceptors (Lipinski definition) is 8. The maximum absolute atomic E-state index is 12.8. The Kier molecular flexibility index (Phi) is 54.2. The van der Waals surface area contributed by atoms with Crippen LogP contribution in [0.25, 0.3) is 0 Å². The Balaban J connectivity index is 3.74. The first-order chi connectivity index (χ1) is 35.1. The number of carboxylic acids is 1. The molecule has 0 aliphatic heterocycles. The fraction of sp³-hybridized carbons (Fsp3) is 0.952. The van der Waals surface area contributed by atoms with Crippen molar-refractivity contribution in [2.24, 2.45) is 0 Å². The number of aliphatic carboxylic acids is 1. The van der Waals surface area contributed by atoms with Crippen molar-refractivity contribution >= 4 is 17.9 Å². The predicted molar refractivity (Wildman–Crippen MR) is 302 cm³/mol. The van der Waals surface area contributed by atoms with Crippen molar-refractivity contribution < 1.29 is 42.9 Å². The van der Waals surface area contributed by atoms with E-state index < -0.39 is 24.3 Å². The van der Waals surface area contributed by atoms with Crippen LogP contribution in [0.4, 0.5) is 0 Å². The molecule has 0 aliphatic rings. The van der Waals surface area contributed by atoms with Gasteiger partial charge in [-0.05, 0) is 12.8 Å². The first-order valence-corrected chi connectivity index (χ1v) is 31.7. The van der Waals surface area contributed by atoms with E-state index in [-0.39, 0.29) is 32.2 Å². The number of likely N-dealkylation sites (N-methyl/N-ethyl adjacent to an activating group) is 1. The lowest BCUT2D eigenvalue weighted by molar-refractivity contribution is -0.870. The van der Waals surface area contributed by atoms with Gasteiger partial charge in [0.05, 0.1) is 40.3 Å². The van der Waals surface area contributed by atoms with Crippen molar-refractivity contribution in [3.8, 4) is 0 Å². The third-order valence-electron chi connectivity index (χ3n) is 14.6. The number of hydrogen-bond donors (Lipinski definition) is 0. The fourth-order valence-electron chi connectivity index (χ4n) is 9.72. The number of carbonyl (C=O) groups is 3. The maximum Gasteiger partial charge on any atom is 0.306 e. The highest BCUT2D eigenvalue weighted by atomic mass is 16.7. The van der Waals surface area contributed by atoms with Crippen LogP contribution in [0.2, 0.25) is 0 Å². The molecule has 0 amide bonds. The molecule has 0 fully saturated rings. The zero-order valence-electron chi connectivity index (χ0n) is 48.8.